The topological polar surface area (TPSA) is 38.7 Å². The first-order valence-electron chi connectivity index (χ1n) is 6.36. The molecule has 0 spiro atoms. The van der Waals surface area contributed by atoms with E-state index in [2.05, 4.69) is 4.99 Å². The third-order valence-corrected chi connectivity index (χ3v) is 5.60. The summed E-state index contributed by atoms with van der Waals surface area (Å²) in [4.78, 5) is 18.8. The molecule has 0 aliphatic carbocycles. The number of benzene rings is 2. The molecule has 0 amide bonds. The van der Waals surface area contributed by atoms with Crippen LogP contribution in [0.3, 0.4) is 0 Å². The van der Waals surface area contributed by atoms with Gasteiger partial charge in [0.25, 0.3) is 0 Å². The molecule has 0 bridgehead atoms. The zero-order chi connectivity index (χ0) is 14.2. The van der Waals surface area contributed by atoms with Crippen molar-refractivity contribution in [3.63, 3.8) is 0 Å². The van der Waals surface area contributed by atoms with Gasteiger partial charge in [0, 0.05) is 15.4 Å². The molecule has 0 saturated carbocycles. The number of thioether (sulfide) groups is 2. The summed E-state index contributed by atoms with van der Waals surface area (Å²) >= 11 is 3.14. The fourth-order valence-corrected chi connectivity index (χ4v) is 4.51. The molecule has 2 aliphatic rings. The van der Waals surface area contributed by atoms with Crippen LogP contribution in [0.1, 0.15) is 5.56 Å². The molecule has 2 aromatic rings. The van der Waals surface area contributed by atoms with E-state index >= 15 is 0 Å². The van der Waals surface area contributed by atoms with Gasteiger partial charge >= 0.3 is 5.97 Å². The van der Waals surface area contributed by atoms with Crippen LogP contribution in [0.4, 0.5) is 0 Å². The second kappa shape index (κ2) is 5.09. The molecular weight excluding hydrogens is 302 g/mol. The van der Waals surface area contributed by atoms with E-state index < -0.39 is 0 Å². The van der Waals surface area contributed by atoms with Crippen LogP contribution >= 0.6 is 23.5 Å². The van der Waals surface area contributed by atoms with E-state index in [4.69, 9.17) is 4.74 Å². The standard InChI is InChI=1S/C16H9NO2S2/c18-15-13(16-20-11-8-4-5-9-12(11)21-16)17-14(19-15)10-6-2-1-3-7-10/h1-9H. The van der Waals surface area contributed by atoms with Gasteiger partial charge < -0.3 is 4.74 Å². The van der Waals surface area contributed by atoms with Crippen LogP contribution in [0.25, 0.3) is 0 Å². The summed E-state index contributed by atoms with van der Waals surface area (Å²) in [5.74, 6) is -0.00286. The van der Waals surface area contributed by atoms with Gasteiger partial charge in [-0.2, -0.15) is 0 Å². The number of cyclic esters (lactones) is 1. The van der Waals surface area contributed by atoms with Gasteiger partial charge in [-0.05, 0) is 24.3 Å². The highest BCUT2D eigenvalue weighted by Gasteiger charge is 2.31. The normalized spacial score (nSPS) is 16.8. The van der Waals surface area contributed by atoms with E-state index in [0.717, 1.165) is 19.6 Å². The molecule has 2 heterocycles. The van der Waals surface area contributed by atoms with Gasteiger partial charge in [0.2, 0.25) is 5.90 Å². The van der Waals surface area contributed by atoms with Crippen LogP contribution in [0.15, 0.2) is 79.3 Å². The molecule has 0 saturated heterocycles. The van der Waals surface area contributed by atoms with Crippen molar-refractivity contribution in [3.05, 3.63) is 70.1 Å². The minimum Gasteiger partial charge on any atom is -0.402 e. The fraction of sp³-hybridized carbons (Fsp3) is 0. The predicted molar refractivity (Wildman–Crippen MR) is 84.3 cm³/mol. The molecule has 2 aliphatic heterocycles. The van der Waals surface area contributed by atoms with Crippen molar-refractivity contribution in [2.75, 3.05) is 0 Å². The van der Waals surface area contributed by atoms with E-state index in [0.29, 0.717) is 11.6 Å². The maximum absolute atomic E-state index is 12.1. The van der Waals surface area contributed by atoms with Crippen molar-refractivity contribution in [2.45, 2.75) is 9.79 Å². The monoisotopic (exact) mass is 311 g/mol. The molecule has 21 heavy (non-hydrogen) atoms. The zero-order valence-corrected chi connectivity index (χ0v) is 12.4. The largest absolute Gasteiger partial charge is 0.402 e. The van der Waals surface area contributed by atoms with E-state index in [-0.39, 0.29) is 5.97 Å². The summed E-state index contributed by atoms with van der Waals surface area (Å²) in [5.41, 5.74) is 1.21. The Labute approximate surface area is 130 Å². The molecule has 0 N–H and O–H groups in total. The Kier molecular flexibility index (Phi) is 3.09. The summed E-state index contributed by atoms with van der Waals surface area (Å²) in [6.07, 6.45) is 0. The Hall–Kier alpha value is -1.98. The minimum atomic E-state index is -0.378. The van der Waals surface area contributed by atoms with Crippen LogP contribution < -0.4 is 0 Å². The van der Waals surface area contributed by atoms with Crippen LogP contribution in [0.2, 0.25) is 0 Å². The molecule has 3 nitrogen and oxygen atoms in total. The molecule has 5 heteroatoms. The number of aliphatic imine (C=N–C) groups is 1. The summed E-state index contributed by atoms with van der Waals surface area (Å²) < 4.78 is 6.18. The smallest absolute Gasteiger partial charge is 0.365 e. The summed E-state index contributed by atoms with van der Waals surface area (Å²) in [6.45, 7) is 0. The van der Waals surface area contributed by atoms with Crippen LogP contribution in [-0.2, 0) is 9.53 Å². The van der Waals surface area contributed by atoms with Crippen molar-refractivity contribution in [1.29, 1.82) is 0 Å². The fourth-order valence-electron chi connectivity index (χ4n) is 2.08. The molecule has 0 radical (unpaired) electrons. The highest BCUT2D eigenvalue weighted by molar-refractivity contribution is 8.24. The van der Waals surface area contributed by atoms with Crippen molar-refractivity contribution in [1.82, 2.24) is 0 Å². The number of nitrogens with zero attached hydrogens (tertiary/aromatic N) is 1. The van der Waals surface area contributed by atoms with E-state index in [9.17, 15) is 4.79 Å². The Bertz CT molecular complexity index is 770. The SMILES string of the molecule is O=C1OC(c2ccccc2)=NC1=C1Sc2ccccc2S1. The average molecular weight is 311 g/mol. The Morgan fingerprint density at radius 1 is 0.857 bits per heavy atom. The number of fused-ring (bicyclic) bond motifs is 1. The number of carbonyl (C=O) groups excluding carboxylic acids is 1. The van der Waals surface area contributed by atoms with Gasteiger partial charge in [0.1, 0.15) is 0 Å². The second-order valence-corrected chi connectivity index (χ2v) is 6.82. The number of rotatable bonds is 1. The Morgan fingerprint density at radius 2 is 1.48 bits per heavy atom. The molecule has 0 fully saturated rings. The zero-order valence-electron chi connectivity index (χ0n) is 10.8. The van der Waals surface area contributed by atoms with Gasteiger partial charge in [0.05, 0.1) is 4.24 Å². The van der Waals surface area contributed by atoms with Crippen LogP contribution in [0.5, 0.6) is 0 Å². The molecule has 2 aromatic carbocycles. The van der Waals surface area contributed by atoms with E-state index in [1.807, 2.05) is 54.6 Å². The quantitative estimate of drug-likeness (QED) is 0.588. The lowest BCUT2D eigenvalue weighted by Crippen LogP contribution is -2.05. The van der Waals surface area contributed by atoms with Gasteiger partial charge in [0.15, 0.2) is 5.70 Å². The molecular formula is C16H9NO2S2. The third-order valence-electron chi connectivity index (χ3n) is 3.06. The van der Waals surface area contributed by atoms with Crippen LogP contribution in [-0.4, -0.2) is 11.9 Å². The molecule has 102 valence electrons. The number of ether oxygens (including phenoxy) is 1. The van der Waals surface area contributed by atoms with Gasteiger partial charge in [-0.15, -0.1) is 0 Å². The number of hydrogen-bond donors (Lipinski definition) is 0. The second-order valence-electron chi connectivity index (χ2n) is 4.46. The van der Waals surface area contributed by atoms with Crippen molar-refractivity contribution in [2.24, 2.45) is 4.99 Å². The maximum atomic E-state index is 12.1. The number of carbonyl (C=O) groups is 1. The Morgan fingerprint density at radius 3 is 2.14 bits per heavy atom. The first-order valence-corrected chi connectivity index (χ1v) is 8.00. The Balaban J connectivity index is 1.72. The summed E-state index contributed by atoms with van der Waals surface area (Å²) in [7, 11) is 0. The first-order chi connectivity index (χ1) is 10.3. The molecule has 0 aromatic heterocycles. The molecule has 0 atom stereocenters. The maximum Gasteiger partial charge on any atom is 0.365 e. The summed E-state index contributed by atoms with van der Waals surface area (Å²) in [6, 6.07) is 17.5. The molecule has 0 unspecified atom stereocenters. The lowest BCUT2D eigenvalue weighted by Gasteiger charge is -1.97. The predicted octanol–water partition coefficient (Wildman–Crippen LogP) is 4.06. The van der Waals surface area contributed by atoms with Crippen molar-refractivity contribution >= 4 is 35.4 Å². The summed E-state index contributed by atoms with van der Waals surface area (Å²) in [5, 5.41) is 0. The molecule has 4 rings (SSSR count). The minimum absolute atomic E-state index is 0.375. The van der Waals surface area contributed by atoms with Gasteiger partial charge in [-0.1, -0.05) is 53.9 Å². The lowest BCUT2D eigenvalue weighted by molar-refractivity contribution is -0.130. The number of hydrogen-bond acceptors (Lipinski definition) is 5. The third kappa shape index (κ3) is 2.28. The van der Waals surface area contributed by atoms with Gasteiger partial charge in [-0.25, -0.2) is 9.79 Å². The van der Waals surface area contributed by atoms with Crippen molar-refractivity contribution in [3.8, 4) is 0 Å². The van der Waals surface area contributed by atoms with E-state index in [1.165, 1.54) is 0 Å². The average Bonchev–Trinajstić information content (AvgIpc) is 3.11. The van der Waals surface area contributed by atoms with E-state index in [1.54, 1.807) is 23.5 Å². The van der Waals surface area contributed by atoms with Crippen LogP contribution in [0, 0.1) is 0 Å². The van der Waals surface area contributed by atoms with Gasteiger partial charge in [-0.3, -0.25) is 0 Å². The highest BCUT2D eigenvalue weighted by atomic mass is 32.2. The highest BCUT2D eigenvalue weighted by Crippen LogP contribution is 2.52. The first kappa shape index (κ1) is 12.7. The number of esters is 1. The van der Waals surface area contributed by atoms with Crippen molar-refractivity contribution < 1.29 is 9.53 Å². The lowest BCUT2D eigenvalue weighted by atomic mass is 10.2.